The molecule has 0 radical (unpaired) electrons. The predicted molar refractivity (Wildman–Crippen MR) is 86.3 cm³/mol. The Morgan fingerprint density at radius 2 is 1.77 bits per heavy atom. The van der Waals surface area contributed by atoms with Crippen LogP contribution in [0.1, 0.15) is 39.0 Å². The molecular formula is C15H21ClN2O3S. The lowest BCUT2D eigenvalue weighted by molar-refractivity contribution is -0.123. The Morgan fingerprint density at radius 3 is 2.36 bits per heavy atom. The number of rotatable bonds is 5. The van der Waals surface area contributed by atoms with E-state index in [4.69, 9.17) is 11.6 Å². The maximum atomic E-state index is 12.2. The fourth-order valence-corrected chi connectivity index (χ4v) is 3.87. The van der Waals surface area contributed by atoms with Crippen molar-refractivity contribution in [1.82, 2.24) is 10.0 Å². The van der Waals surface area contributed by atoms with Crippen LogP contribution in [0.5, 0.6) is 0 Å². The normalized spacial score (nSPS) is 17.9. The van der Waals surface area contributed by atoms with Crippen LogP contribution in [0.15, 0.2) is 29.2 Å². The standard InChI is InChI=1S/C15H21ClN2O3S/c1-11(15(19)17-13-5-3-2-4-6-13)18-22(20,21)14-9-7-12(16)8-10-14/h7-11,13,18H,2-6H2,1H3,(H,17,19). The molecule has 1 aromatic carbocycles. The first-order chi connectivity index (χ1) is 10.4. The summed E-state index contributed by atoms with van der Waals surface area (Å²) in [5.41, 5.74) is 0. The van der Waals surface area contributed by atoms with Gasteiger partial charge in [-0.15, -0.1) is 0 Å². The van der Waals surface area contributed by atoms with Crippen molar-refractivity contribution in [2.24, 2.45) is 0 Å². The van der Waals surface area contributed by atoms with Crippen LogP contribution in [0.2, 0.25) is 5.02 Å². The van der Waals surface area contributed by atoms with Gasteiger partial charge in [0.05, 0.1) is 10.9 Å². The summed E-state index contributed by atoms with van der Waals surface area (Å²) >= 11 is 5.75. The van der Waals surface area contributed by atoms with Gasteiger partial charge in [-0.25, -0.2) is 8.42 Å². The van der Waals surface area contributed by atoms with Gasteiger partial charge in [0.2, 0.25) is 15.9 Å². The molecule has 22 heavy (non-hydrogen) atoms. The summed E-state index contributed by atoms with van der Waals surface area (Å²) < 4.78 is 26.8. The van der Waals surface area contributed by atoms with Gasteiger partial charge in [0.25, 0.3) is 0 Å². The number of hydrogen-bond acceptors (Lipinski definition) is 3. The quantitative estimate of drug-likeness (QED) is 0.861. The van der Waals surface area contributed by atoms with Crippen molar-refractivity contribution in [3.8, 4) is 0 Å². The first-order valence-electron chi connectivity index (χ1n) is 7.47. The van der Waals surface area contributed by atoms with Crippen molar-refractivity contribution in [1.29, 1.82) is 0 Å². The summed E-state index contributed by atoms with van der Waals surface area (Å²) in [4.78, 5) is 12.2. The van der Waals surface area contributed by atoms with Crippen LogP contribution in [-0.4, -0.2) is 26.4 Å². The maximum Gasteiger partial charge on any atom is 0.241 e. The van der Waals surface area contributed by atoms with E-state index < -0.39 is 16.1 Å². The Morgan fingerprint density at radius 1 is 1.18 bits per heavy atom. The van der Waals surface area contributed by atoms with Crippen LogP contribution in [-0.2, 0) is 14.8 Å². The molecule has 2 rings (SSSR count). The monoisotopic (exact) mass is 344 g/mol. The summed E-state index contributed by atoms with van der Waals surface area (Å²) in [6.45, 7) is 1.55. The number of benzene rings is 1. The zero-order chi connectivity index (χ0) is 16.2. The summed E-state index contributed by atoms with van der Waals surface area (Å²) in [5, 5.41) is 3.38. The number of carbonyl (C=O) groups is 1. The van der Waals surface area contributed by atoms with Crippen molar-refractivity contribution in [3.05, 3.63) is 29.3 Å². The smallest absolute Gasteiger partial charge is 0.241 e. The van der Waals surface area contributed by atoms with Crippen LogP contribution in [0, 0.1) is 0 Å². The second-order valence-corrected chi connectivity index (χ2v) is 7.79. The Hall–Kier alpha value is -1.11. The highest BCUT2D eigenvalue weighted by Crippen LogP contribution is 2.18. The van der Waals surface area contributed by atoms with Gasteiger partial charge in [-0.3, -0.25) is 4.79 Å². The molecule has 5 nitrogen and oxygen atoms in total. The first-order valence-corrected chi connectivity index (χ1v) is 9.33. The largest absolute Gasteiger partial charge is 0.352 e. The maximum absolute atomic E-state index is 12.2. The Kier molecular flexibility index (Phi) is 5.83. The fraction of sp³-hybridized carbons (Fsp3) is 0.533. The molecule has 0 spiro atoms. The van der Waals surface area contributed by atoms with Gasteiger partial charge >= 0.3 is 0 Å². The van der Waals surface area contributed by atoms with Gasteiger partial charge in [-0.2, -0.15) is 4.72 Å². The van der Waals surface area contributed by atoms with E-state index in [1.54, 1.807) is 6.92 Å². The average molecular weight is 345 g/mol. The number of amides is 1. The Labute approximate surface area is 136 Å². The van der Waals surface area contributed by atoms with Gasteiger partial charge in [0.15, 0.2) is 0 Å². The van der Waals surface area contributed by atoms with Crippen LogP contribution < -0.4 is 10.0 Å². The summed E-state index contributed by atoms with van der Waals surface area (Å²) in [7, 11) is -3.73. The molecule has 1 aromatic rings. The van der Waals surface area contributed by atoms with E-state index in [0.29, 0.717) is 5.02 Å². The first kappa shape index (κ1) is 17.2. The number of carbonyl (C=O) groups excluding carboxylic acids is 1. The third-order valence-electron chi connectivity index (χ3n) is 3.80. The summed E-state index contributed by atoms with van der Waals surface area (Å²) in [6.07, 6.45) is 5.33. The van der Waals surface area contributed by atoms with Crippen molar-refractivity contribution < 1.29 is 13.2 Å². The minimum absolute atomic E-state index is 0.0919. The van der Waals surface area contributed by atoms with Crippen molar-refractivity contribution in [3.63, 3.8) is 0 Å². The molecule has 1 fully saturated rings. The topological polar surface area (TPSA) is 75.3 Å². The number of halogens is 1. The number of sulfonamides is 1. The molecular weight excluding hydrogens is 324 g/mol. The lowest BCUT2D eigenvalue weighted by atomic mass is 9.95. The summed E-state index contributed by atoms with van der Waals surface area (Å²) in [6, 6.07) is 5.17. The number of hydrogen-bond donors (Lipinski definition) is 2. The highest BCUT2D eigenvalue weighted by molar-refractivity contribution is 7.89. The van der Waals surface area contributed by atoms with Crippen LogP contribution in [0.4, 0.5) is 0 Å². The molecule has 1 saturated carbocycles. The molecule has 122 valence electrons. The van der Waals surface area contributed by atoms with E-state index in [-0.39, 0.29) is 16.8 Å². The van der Waals surface area contributed by atoms with Crippen LogP contribution in [0.3, 0.4) is 0 Å². The van der Waals surface area contributed by atoms with Crippen LogP contribution >= 0.6 is 11.6 Å². The second-order valence-electron chi connectivity index (χ2n) is 5.64. The van der Waals surface area contributed by atoms with E-state index in [1.807, 2.05) is 0 Å². The van der Waals surface area contributed by atoms with E-state index in [1.165, 1.54) is 30.7 Å². The molecule has 0 bridgehead atoms. The molecule has 1 aliphatic rings. The van der Waals surface area contributed by atoms with Gasteiger partial charge in [-0.05, 0) is 44.0 Å². The molecule has 0 saturated heterocycles. The third-order valence-corrected chi connectivity index (χ3v) is 5.61. The molecule has 0 aromatic heterocycles. The van der Waals surface area contributed by atoms with E-state index in [9.17, 15) is 13.2 Å². The second kappa shape index (κ2) is 7.44. The fourth-order valence-electron chi connectivity index (χ4n) is 2.54. The van der Waals surface area contributed by atoms with E-state index in [0.717, 1.165) is 25.7 Å². The highest BCUT2D eigenvalue weighted by atomic mass is 35.5. The van der Waals surface area contributed by atoms with Gasteiger partial charge in [-0.1, -0.05) is 30.9 Å². The van der Waals surface area contributed by atoms with Crippen molar-refractivity contribution in [2.75, 3.05) is 0 Å². The van der Waals surface area contributed by atoms with Crippen molar-refractivity contribution in [2.45, 2.75) is 56.0 Å². The highest BCUT2D eigenvalue weighted by Gasteiger charge is 2.24. The Balaban J connectivity index is 1.95. The van der Waals surface area contributed by atoms with Gasteiger partial charge in [0.1, 0.15) is 0 Å². The average Bonchev–Trinajstić information content (AvgIpc) is 2.48. The Bertz CT molecular complexity index is 610. The minimum atomic E-state index is -3.73. The van der Waals surface area contributed by atoms with Crippen molar-refractivity contribution >= 4 is 27.5 Å². The molecule has 0 aliphatic heterocycles. The van der Waals surface area contributed by atoms with Crippen LogP contribution in [0.25, 0.3) is 0 Å². The van der Waals surface area contributed by atoms with Gasteiger partial charge < -0.3 is 5.32 Å². The zero-order valence-corrected chi connectivity index (χ0v) is 14.1. The molecule has 1 unspecified atom stereocenters. The molecule has 1 atom stereocenters. The third kappa shape index (κ3) is 4.69. The summed E-state index contributed by atoms with van der Waals surface area (Å²) in [5.74, 6) is -0.288. The lowest BCUT2D eigenvalue weighted by Gasteiger charge is -2.24. The predicted octanol–water partition coefficient (Wildman–Crippen LogP) is 2.46. The zero-order valence-electron chi connectivity index (χ0n) is 12.5. The molecule has 1 amide bonds. The molecule has 2 N–H and O–H groups in total. The molecule has 1 aliphatic carbocycles. The minimum Gasteiger partial charge on any atom is -0.352 e. The molecule has 7 heteroatoms. The SMILES string of the molecule is CC(NS(=O)(=O)c1ccc(Cl)cc1)C(=O)NC1CCCCC1. The van der Waals surface area contributed by atoms with E-state index >= 15 is 0 Å². The van der Waals surface area contributed by atoms with Gasteiger partial charge in [0, 0.05) is 11.1 Å². The lowest BCUT2D eigenvalue weighted by Crippen LogP contribution is -2.48. The van der Waals surface area contributed by atoms with E-state index in [2.05, 4.69) is 10.0 Å². The molecule has 0 heterocycles. The number of nitrogens with one attached hydrogen (secondary N) is 2.